The maximum Gasteiger partial charge on any atom is 0.255 e. The van der Waals surface area contributed by atoms with Gasteiger partial charge in [0.2, 0.25) is 10.0 Å². The molecule has 0 radical (unpaired) electrons. The molecule has 1 unspecified atom stereocenters. The Morgan fingerprint density at radius 2 is 1.93 bits per heavy atom. The molecule has 2 aromatic carbocycles. The molecule has 0 bridgehead atoms. The molecule has 1 aliphatic heterocycles. The van der Waals surface area contributed by atoms with Crippen molar-refractivity contribution in [3.8, 4) is 0 Å². The van der Waals surface area contributed by atoms with Crippen LogP contribution >= 0.6 is 34.4 Å². The molecule has 2 aromatic rings. The first kappa shape index (κ1) is 20.6. The second kappa shape index (κ2) is 8.50. The van der Waals surface area contributed by atoms with E-state index in [1.165, 1.54) is 12.1 Å². The van der Waals surface area contributed by atoms with E-state index in [4.69, 9.17) is 0 Å². The summed E-state index contributed by atoms with van der Waals surface area (Å²) < 4.78 is 28.3. The highest BCUT2D eigenvalue weighted by atomic mass is 127. The van der Waals surface area contributed by atoms with E-state index in [-0.39, 0.29) is 16.8 Å². The fourth-order valence-corrected chi connectivity index (χ4v) is 6.23. The van der Waals surface area contributed by atoms with Crippen LogP contribution in [0, 0.1) is 10.5 Å². The van der Waals surface area contributed by atoms with Gasteiger partial charge in [-0.15, -0.1) is 0 Å². The van der Waals surface area contributed by atoms with Crippen LogP contribution < -0.4 is 5.32 Å². The molecule has 1 fully saturated rings. The van der Waals surface area contributed by atoms with Gasteiger partial charge in [-0.1, -0.05) is 6.07 Å². The monoisotopic (exact) mass is 516 g/mol. The van der Waals surface area contributed by atoms with Crippen LogP contribution in [0.1, 0.15) is 22.8 Å². The van der Waals surface area contributed by atoms with E-state index < -0.39 is 10.0 Å². The number of sulfonamides is 1. The number of thioether (sulfide) groups is 1. The molecule has 1 N–H and O–H groups in total. The zero-order valence-electron chi connectivity index (χ0n) is 15.1. The topological polar surface area (TPSA) is 66.5 Å². The molecule has 8 heteroatoms. The number of carbonyl (C=O) groups is 1. The Kier molecular flexibility index (Phi) is 6.50. The van der Waals surface area contributed by atoms with Crippen LogP contribution in [-0.2, 0) is 10.0 Å². The van der Waals surface area contributed by atoms with E-state index in [0.29, 0.717) is 17.8 Å². The largest absolute Gasteiger partial charge is 0.322 e. The average molecular weight is 516 g/mol. The van der Waals surface area contributed by atoms with Gasteiger partial charge in [-0.25, -0.2) is 8.42 Å². The minimum atomic E-state index is -3.54. The van der Waals surface area contributed by atoms with E-state index in [2.05, 4.69) is 27.9 Å². The predicted octanol–water partition coefficient (Wildman–Crippen LogP) is 3.98. The fraction of sp³-hybridized carbons (Fsp3) is 0.316. The molecular formula is C19H21IN2O3S2. The maximum atomic E-state index is 12.9. The van der Waals surface area contributed by atoms with Crippen LogP contribution in [0.15, 0.2) is 47.4 Å². The standard InChI is InChI=1S/C19H21IN2O3S2/c1-13-3-6-16(11-18(13)20)21-19(23)15-4-7-17(8-5-15)27(24,25)22-9-10-26-12-14(22)2/h3-8,11,14H,9-10,12H2,1-2H3,(H,21,23). The molecule has 1 atom stereocenters. The summed E-state index contributed by atoms with van der Waals surface area (Å²) in [6, 6.07) is 11.8. The number of nitrogens with one attached hydrogen (secondary N) is 1. The second-order valence-corrected chi connectivity index (χ2v) is 10.7. The van der Waals surface area contributed by atoms with E-state index in [0.717, 1.165) is 20.6 Å². The lowest BCUT2D eigenvalue weighted by Crippen LogP contribution is -2.44. The van der Waals surface area contributed by atoms with Gasteiger partial charge in [-0.05, 0) is 78.4 Å². The van der Waals surface area contributed by atoms with Crippen LogP contribution in [0.2, 0.25) is 0 Å². The zero-order valence-corrected chi connectivity index (χ0v) is 18.9. The Labute approximate surface area is 178 Å². The summed E-state index contributed by atoms with van der Waals surface area (Å²) in [5.41, 5.74) is 2.28. The van der Waals surface area contributed by atoms with Gasteiger partial charge in [-0.3, -0.25) is 4.79 Å². The van der Waals surface area contributed by atoms with Crippen LogP contribution in [-0.4, -0.2) is 42.7 Å². The second-order valence-electron chi connectivity index (χ2n) is 6.48. The van der Waals surface area contributed by atoms with Crippen LogP contribution in [0.4, 0.5) is 5.69 Å². The van der Waals surface area contributed by atoms with Crippen molar-refractivity contribution in [2.45, 2.75) is 24.8 Å². The first-order valence-electron chi connectivity index (χ1n) is 8.56. The summed E-state index contributed by atoms with van der Waals surface area (Å²) in [6.07, 6.45) is 0. The molecule has 1 heterocycles. The van der Waals surface area contributed by atoms with Crippen molar-refractivity contribution < 1.29 is 13.2 Å². The highest BCUT2D eigenvalue weighted by Crippen LogP contribution is 2.25. The zero-order chi connectivity index (χ0) is 19.6. The highest BCUT2D eigenvalue weighted by molar-refractivity contribution is 14.1. The minimum Gasteiger partial charge on any atom is -0.322 e. The molecule has 0 aliphatic carbocycles. The molecule has 0 aromatic heterocycles. The molecule has 1 aliphatic rings. The van der Waals surface area contributed by atoms with Crippen LogP contribution in [0.3, 0.4) is 0 Å². The predicted molar refractivity (Wildman–Crippen MR) is 119 cm³/mol. The molecule has 5 nitrogen and oxygen atoms in total. The number of nitrogens with zero attached hydrogens (tertiary/aromatic N) is 1. The van der Waals surface area contributed by atoms with Crippen molar-refractivity contribution >= 4 is 56.0 Å². The highest BCUT2D eigenvalue weighted by Gasteiger charge is 2.31. The normalized spacial score (nSPS) is 18.3. The van der Waals surface area contributed by atoms with Crippen molar-refractivity contribution in [1.29, 1.82) is 0 Å². The first-order valence-corrected chi connectivity index (χ1v) is 12.2. The third-order valence-electron chi connectivity index (χ3n) is 4.46. The van der Waals surface area contributed by atoms with Crippen LogP contribution in [0.25, 0.3) is 0 Å². The van der Waals surface area contributed by atoms with E-state index in [9.17, 15) is 13.2 Å². The summed E-state index contributed by atoms with van der Waals surface area (Å²) in [7, 11) is -3.54. The molecule has 3 rings (SSSR count). The SMILES string of the molecule is Cc1ccc(NC(=O)c2ccc(S(=O)(=O)N3CCSCC3C)cc2)cc1I. The van der Waals surface area contributed by atoms with Gasteiger partial charge in [0.1, 0.15) is 0 Å². The van der Waals surface area contributed by atoms with Gasteiger partial charge < -0.3 is 5.32 Å². The number of carbonyl (C=O) groups excluding carboxylic acids is 1. The lowest BCUT2D eigenvalue weighted by molar-refractivity contribution is 0.102. The van der Waals surface area contributed by atoms with Gasteiger partial charge in [0.25, 0.3) is 5.91 Å². The summed E-state index contributed by atoms with van der Waals surface area (Å²) in [6.45, 7) is 4.45. The van der Waals surface area contributed by atoms with Crippen molar-refractivity contribution in [3.63, 3.8) is 0 Å². The van der Waals surface area contributed by atoms with Crippen LogP contribution in [0.5, 0.6) is 0 Å². The molecule has 0 saturated carbocycles. The molecule has 1 saturated heterocycles. The van der Waals surface area contributed by atoms with Gasteiger partial charge >= 0.3 is 0 Å². The summed E-state index contributed by atoms with van der Waals surface area (Å²) in [5.74, 6) is 1.34. The Morgan fingerprint density at radius 3 is 2.56 bits per heavy atom. The van der Waals surface area contributed by atoms with Crippen molar-refractivity contribution in [1.82, 2.24) is 4.31 Å². The number of aryl methyl sites for hydroxylation is 1. The molecule has 0 spiro atoms. The number of halogens is 1. The van der Waals surface area contributed by atoms with E-state index in [1.54, 1.807) is 28.2 Å². The van der Waals surface area contributed by atoms with Crippen molar-refractivity contribution in [2.75, 3.05) is 23.4 Å². The van der Waals surface area contributed by atoms with Gasteiger partial charge in [0.05, 0.1) is 4.90 Å². The lowest BCUT2D eigenvalue weighted by Gasteiger charge is -2.31. The number of benzene rings is 2. The van der Waals surface area contributed by atoms with Crippen molar-refractivity contribution in [3.05, 3.63) is 57.2 Å². The van der Waals surface area contributed by atoms with Gasteiger partial charge in [0, 0.05) is 38.9 Å². The smallest absolute Gasteiger partial charge is 0.255 e. The fourth-order valence-electron chi connectivity index (χ4n) is 2.86. The van der Waals surface area contributed by atoms with E-state index in [1.807, 2.05) is 32.0 Å². The maximum absolute atomic E-state index is 12.9. The van der Waals surface area contributed by atoms with E-state index >= 15 is 0 Å². The van der Waals surface area contributed by atoms with Gasteiger partial charge in [-0.2, -0.15) is 16.1 Å². The summed E-state index contributed by atoms with van der Waals surface area (Å²) >= 11 is 3.99. The Morgan fingerprint density at radius 1 is 1.22 bits per heavy atom. The number of rotatable bonds is 4. The number of hydrogen-bond donors (Lipinski definition) is 1. The summed E-state index contributed by atoms with van der Waals surface area (Å²) in [5, 5.41) is 2.85. The molecule has 1 amide bonds. The molecular weight excluding hydrogens is 495 g/mol. The minimum absolute atomic E-state index is 0.0271. The number of hydrogen-bond acceptors (Lipinski definition) is 4. The molecule has 27 heavy (non-hydrogen) atoms. The Hall–Kier alpha value is -1.10. The Balaban J connectivity index is 1.76. The third-order valence-corrected chi connectivity index (χ3v) is 8.84. The quantitative estimate of drug-likeness (QED) is 0.625. The van der Waals surface area contributed by atoms with Gasteiger partial charge in [0.15, 0.2) is 0 Å². The Bertz CT molecular complexity index is 946. The third kappa shape index (κ3) is 4.67. The lowest BCUT2D eigenvalue weighted by atomic mass is 10.2. The molecule has 144 valence electrons. The number of amides is 1. The number of anilines is 1. The first-order chi connectivity index (χ1) is 12.8. The summed E-state index contributed by atoms with van der Waals surface area (Å²) in [4.78, 5) is 12.7. The average Bonchev–Trinajstić information content (AvgIpc) is 2.65. The van der Waals surface area contributed by atoms with Crippen molar-refractivity contribution in [2.24, 2.45) is 0 Å².